The van der Waals surface area contributed by atoms with Crippen LogP contribution in [-0.4, -0.2) is 31.1 Å². The number of piperidine rings is 1. The fourth-order valence-electron chi connectivity index (χ4n) is 3.21. The number of nitrogens with one attached hydrogen (secondary N) is 1. The molecule has 0 aromatic heterocycles. The predicted molar refractivity (Wildman–Crippen MR) is 82.4 cm³/mol. The van der Waals surface area contributed by atoms with Crippen molar-refractivity contribution in [1.82, 2.24) is 10.2 Å². The van der Waals surface area contributed by atoms with Crippen LogP contribution in [0.15, 0.2) is 24.3 Å². The monoisotopic (exact) mass is 260 g/mol. The van der Waals surface area contributed by atoms with Crippen molar-refractivity contribution in [3.63, 3.8) is 0 Å². The Kier molecular flexibility index (Phi) is 5.41. The van der Waals surface area contributed by atoms with Gasteiger partial charge in [0.2, 0.25) is 0 Å². The first-order valence-corrected chi connectivity index (χ1v) is 7.72. The van der Waals surface area contributed by atoms with Gasteiger partial charge in [-0.3, -0.25) is 4.90 Å². The molecular weight excluding hydrogens is 232 g/mol. The van der Waals surface area contributed by atoms with E-state index in [0.29, 0.717) is 6.04 Å². The van der Waals surface area contributed by atoms with E-state index in [1.54, 1.807) is 0 Å². The molecule has 0 bridgehead atoms. The Hall–Kier alpha value is -0.860. The maximum atomic E-state index is 3.46. The molecule has 0 radical (unpaired) electrons. The minimum atomic E-state index is 0.529. The fourth-order valence-corrected chi connectivity index (χ4v) is 3.21. The molecule has 0 aliphatic carbocycles. The van der Waals surface area contributed by atoms with Crippen molar-refractivity contribution in [2.24, 2.45) is 5.92 Å². The van der Waals surface area contributed by atoms with Crippen LogP contribution in [0.4, 0.5) is 0 Å². The lowest BCUT2D eigenvalue weighted by atomic mass is 9.95. The summed E-state index contributed by atoms with van der Waals surface area (Å²) in [6.45, 7) is 11.6. The van der Waals surface area contributed by atoms with Crippen LogP contribution in [0.2, 0.25) is 0 Å². The van der Waals surface area contributed by atoms with Crippen molar-refractivity contribution >= 4 is 0 Å². The molecule has 1 aromatic carbocycles. The number of hydrogen-bond donors (Lipinski definition) is 1. The standard InChI is InChI=1S/C17H28N2/c1-4-19(13-16-9-11-18-12-10-16)15(3)17-8-6-5-7-14(17)2/h5-8,15-16,18H,4,9-13H2,1-3H3. The maximum Gasteiger partial charge on any atom is 0.0322 e. The number of hydrogen-bond acceptors (Lipinski definition) is 2. The predicted octanol–water partition coefficient (Wildman–Crippen LogP) is 3.38. The summed E-state index contributed by atoms with van der Waals surface area (Å²) in [5, 5.41) is 3.46. The van der Waals surface area contributed by atoms with E-state index in [-0.39, 0.29) is 0 Å². The molecule has 1 aliphatic rings. The second-order valence-electron chi connectivity index (χ2n) is 5.81. The second-order valence-corrected chi connectivity index (χ2v) is 5.81. The highest BCUT2D eigenvalue weighted by Gasteiger charge is 2.21. The van der Waals surface area contributed by atoms with Gasteiger partial charge in [-0.25, -0.2) is 0 Å². The third-order valence-electron chi connectivity index (χ3n) is 4.54. The van der Waals surface area contributed by atoms with Crippen LogP contribution < -0.4 is 5.32 Å². The first-order valence-electron chi connectivity index (χ1n) is 7.72. The van der Waals surface area contributed by atoms with Gasteiger partial charge in [-0.1, -0.05) is 31.2 Å². The molecule has 0 spiro atoms. The first kappa shape index (κ1) is 14.5. The van der Waals surface area contributed by atoms with Crippen LogP contribution in [0.1, 0.15) is 43.9 Å². The van der Waals surface area contributed by atoms with Crippen LogP contribution >= 0.6 is 0 Å². The van der Waals surface area contributed by atoms with Gasteiger partial charge in [0.15, 0.2) is 0 Å². The molecule has 1 fully saturated rings. The van der Waals surface area contributed by atoms with Crippen LogP contribution in [0, 0.1) is 12.8 Å². The summed E-state index contributed by atoms with van der Waals surface area (Å²) < 4.78 is 0. The lowest BCUT2D eigenvalue weighted by Gasteiger charge is -2.34. The summed E-state index contributed by atoms with van der Waals surface area (Å²) in [7, 11) is 0. The normalized spacial score (nSPS) is 18.7. The molecule has 0 saturated carbocycles. The third-order valence-corrected chi connectivity index (χ3v) is 4.54. The summed E-state index contributed by atoms with van der Waals surface area (Å²) in [5.41, 5.74) is 2.90. The molecule has 2 rings (SSSR count). The van der Waals surface area contributed by atoms with Crippen LogP contribution in [-0.2, 0) is 0 Å². The van der Waals surface area contributed by atoms with Crippen LogP contribution in [0.5, 0.6) is 0 Å². The third kappa shape index (κ3) is 3.80. The van der Waals surface area contributed by atoms with Crippen molar-refractivity contribution in [2.75, 3.05) is 26.2 Å². The van der Waals surface area contributed by atoms with Gasteiger partial charge in [-0.05, 0) is 63.4 Å². The topological polar surface area (TPSA) is 15.3 Å². The zero-order chi connectivity index (χ0) is 13.7. The van der Waals surface area contributed by atoms with E-state index in [1.165, 1.54) is 43.6 Å². The molecular formula is C17H28N2. The van der Waals surface area contributed by atoms with Gasteiger partial charge >= 0.3 is 0 Å². The SMILES string of the molecule is CCN(CC1CCNCC1)C(C)c1ccccc1C. The molecule has 1 heterocycles. The lowest BCUT2D eigenvalue weighted by Crippen LogP contribution is -2.37. The van der Waals surface area contributed by atoms with E-state index in [0.717, 1.165) is 12.5 Å². The Morgan fingerprint density at radius 1 is 1.26 bits per heavy atom. The average Bonchev–Trinajstić information content (AvgIpc) is 2.46. The molecule has 2 heteroatoms. The summed E-state index contributed by atoms with van der Waals surface area (Å²) >= 11 is 0. The Morgan fingerprint density at radius 2 is 1.95 bits per heavy atom. The highest BCUT2D eigenvalue weighted by Crippen LogP contribution is 2.25. The van der Waals surface area contributed by atoms with Gasteiger partial charge in [0.1, 0.15) is 0 Å². The summed E-state index contributed by atoms with van der Waals surface area (Å²) in [5.74, 6) is 0.868. The number of rotatable bonds is 5. The molecule has 1 unspecified atom stereocenters. The summed E-state index contributed by atoms with van der Waals surface area (Å²) in [6.07, 6.45) is 2.66. The van der Waals surface area contributed by atoms with Crippen LogP contribution in [0.3, 0.4) is 0 Å². The Morgan fingerprint density at radius 3 is 2.58 bits per heavy atom. The summed E-state index contributed by atoms with van der Waals surface area (Å²) in [4.78, 5) is 2.64. The molecule has 1 atom stereocenters. The van der Waals surface area contributed by atoms with E-state index in [4.69, 9.17) is 0 Å². The average molecular weight is 260 g/mol. The molecule has 1 aliphatic heterocycles. The van der Waals surface area contributed by atoms with Gasteiger partial charge < -0.3 is 5.32 Å². The zero-order valence-corrected chi connectivity index (χ0v) is 12.7. The van der Waals surface area contributed by atoms with Gasteiger partial charge in [-0.2, -0.15) is 0 Å². The van der Waals surface area contributed by atoms with E-state index >= 15 is 0 Å². The number of nitrogens with zero attached hydrogens (tertiary/aromatic N) is 1. The van der Waals surface area contributed by atoms with E-state index in [1.807, 2.05) is 0 Å². The number of benzene rings is 1. The number of aryl methyl sites for hydroxylation is 1. The summed E-state index contributed by atoms with van der Waals surface area (Å²) in [6, 6.07) is 9.34. The van der Waals surface area contributed by atoms with Gasteiger partial charge in [-0.15, -0.1) is 0 Å². The largest absolute Gasteiger partial charge is 0.317 e. The van der Waals surface area contributed by atoms with Gasteiger partial charge in [0, 0.05) is 12.6 Å². The minimum Gasteiger partial charge on any atom is -0.317 e. The molecule has 1 aromatic rings. The maximum absolute atomic E-state index is 3.46. The zero-order valence-electron chi connectivity index (χ0n) is 12.7. The van der Waals surface area contributed by atoms with Gasteiger partial charge in [0.05, 0.1) is 0 Å². The van der Waals surface area contributed by atoms with Crippen LogP contribution in [0.25, 0.3) is 0 Å². The fraction of sp³-hybridized carbons (Fsp3) is 0.647. The first-order chi connectivity index (χ1) is 9.22. The Bertz CT molecular complexity index is 383. The Labute approximate surface area is 118 Å². The molecule has 0 amide bonds. The van der Waals surface area contributed by atoms with E-state index < -0.39 is 0 Å². The quantitative estimate of drug-likeness (QED) is 0.873. The van der Waals surface area contributed by atoms with Crippen molar-refractivity contribution in [3.05, 3.63) is 35.4 Å². The Balaban J connectivity index is 2.02. The van der Waals surface area contributed by atoms with E-state index in [9.17, 15) is 0 Å². The molecule has 19 heavy (non-hydrogen) atoms. The van der Waals surface area contributed by atoms with Crippen molar-refractivity contribution in [1.29, 1.82) is 0 Å². The molecule has 2 nitrogen and oxygen atoms in total. The second kappa shape index (κ2) is 7.06. The van der Waals surface area contributed by atoms with Crippen molar-refractivity contribution < 1.29 is 0 Å². The van der Waals surface area contributed by atoms with Gasteiger partial charge in [0.25, 0.3) is 0 Å². The van der Waals surface area contributed by atoms with Crippen molar-refractivity contribution in [3.8, 4) is 0 Å². The molecule has 106 valence electrons. The smallest absolute Gasteiger partial charge is 0.0322 e. The minimum absolute atomic E-state index is 0.529. The molecule has 1 N–H and O–H groups in total. The van der Waals surface area contributed by atoms with E-state index in [2.05, 4.69) is 55.3 Å². The highest BCUT2D eigenvalue weighted by molar-refractivity contribution is 5.28. The lowest BCUT2D eigenvalue weighted by molar-refractivity contribution is 0.168. The highest BCUT2D eigenvalue weighted by atomic mass is 15.1. The molecule has 1 saturated heterocycles. The van der Waals surface area contributed by atoms with Crippen molar-refractivity contribution in [2.45, 2.75) is 39.7 Å².